The molecule has 0 aliphatic carbocycles. The Balaban J connectivity index is 1.87. The summed E-state index contributed by atoms with van der Waals surface area (Å²) in [5, 5.41) is 10.6. The molecule has 3 aromatic rings. The molecule has 0 fully saturated rings. The van der Waals surface area contributed by atoms with Crippen LogP contribution < -0.4 is 10.9 Å². The van der Waals surface area contributed by atoms with Crippen LogP contribution in [0, 0.1) is 0 Å². The maximum absolute atomic E-state index is 12.4. The first-order valence-corrected chi connectivity index (χ1v) is 9.43. The van der Waals surface area contributed by atoms with E-state index >= 15 is 0 Å². The van der Waals surface area contributed by atoms with Crippen molar-refractivity contribution in [2.24, 2.45) is 0 Å². The van der Waals surface area contributed by atoms with Crippen LogP contribution in [0.2, 0.25) is 0 Å². The van der Waals surface area contributed by atoms with E-state index in [9.17, 15) is 9.59 Å². The zero-order chi connectivity index (χ0) is 19.2. The molecule has 9 heteroatoms. The van der Waals surface area contributed by atoms with Crippen LogP contribution in [0.25, 0.3) is 22.8 Å². The van der Waals surface area contributed by atoms with Crippen LogP contribution in [0.1, 0.15) is 19.4 Å². The molecule has 0 aliphatic rings. The predicted octanol–water partition coefficient (Wildman–Crippen LogP) is 2.34. The number of nitrogens with one attached hydrogen (secondary N) is 1. The van der Waals surface area contributed by atoms with Crippen LogP contribution in [0.5, 0.6) is 0 Å². The van der Waals surface area contributed by atoms with Gasteiger partial charge in [0, 0.05) is 36.9 Å². The number of methoxy groups -OCH3 is 1. The number of carbonyl (C=O) groups excluding carboxylic acids is 1. The molecule has 8 nitrogen and oxygen atoms in total. The lowest BCUT2D eigenvalue weighted by Crippen LogP contribution is -2.38. The molecule has 0 saturated heterocycles. The highest BCUT2D eigenvalue weighted by Crippen LogP contribution is 2.23. The van der Waals surface area contributed by atoms with Gasteiger partial charge >= 0.3 is 0 Å². The van der Waals surface area contributed by atoms with Gasteiger partial charge in [0.15, 0.2) is 0 Å². The van der Waals surface area contributed by atoms with Gasteiger partial charge in [0.2, 0.25) is 11.7 Å². The molecule has 0 radical (unpaired) electrons. The molecule has 1 N–H and O–H groups in total. The summed E-state index contributed by atoms with van der Waals surface area (Å²) in [5.74, 6) is 0.534. The maximum Gasteiger partial charge on any atom is 0.259 e. The van der Waals surface area contributed by atoms with Crippen molar-refractivity contribution in [3.63, 3.8) is 0 Å². The Bertz CT molecular complexity index is 948. The molecule has 0 unspecified atom stereocenters. The third kappa shape index (κ3) is 4.32. The number of hydrogen-bond acceptors (Lipinski definition) is 7. The first kappa shape index (κ1) is 19.0. The van der Waals surface area contributed by atoms with Gasteiger partial charge in [-0.25, -0.2) is 0 Å². The van der Waals surface area contributed by atoms with Crippen molar-refractivity contribution in [2.45, 2.75) is 19.4 Å². The quantitative estimate of drug-likeness (QED) is 0.595. The lowest BCUT2D eigenvalue weighted by molar-refractivity contribution is -0.124. The minimum atomic E-state index is -0.631. The monoisotopic (exact) mass is 388 g/mol. The van der Waals surface area contributed by atoms with Crippen molar-refractivity contribution in [3.8, 4) is 22.8 Å². The minimum absolute atomic E-state index is 0.238. The van der Waals surface area contributed by atoms with Crippen LogP contribution >= 0.6 is 11.3 Å². The molecule has 1 atom stereocenters. The molecule has 27 heavy (non-hydrogen) atoms. The number of pyridine rings is 1. The van der Waals surface area contributed by atoms with Gasteiger partial charge < -0.3 is 19.1 Å². The van der Waals surface area contributed by atoms with Crippen molar-refractivity contribution < 1.29 is 14.1 Å². The SMILES string of the molecule is CC[C@H](C(=O)NCCOC)n1cc(-c2nc(-c3ccsc3)no2)ccc1=O. The second-order valence-electron chi connectivity index (χ2n) is 5.81. The van der Waals surface area contributed by atoms with Crippen LogP contribution in [-0.4, -0.2) is 40.9 Å². The number of amides is 1. The number of aromatic nitrogens is 3. The smallest absolute Gasteiger partial charge is 0.259 e. The van der Waals surface area contributed by atoms with E-state index < -0.39 is 6.04 Å². The summed E-state index contributed by atoms with van der Waals surface area (Å²) in [6.45, 7) is 2.64. The molecule has 3 aromatic heterocycles. The van der Waals surface area contributed by atoms with Gasteiger partial charge in [0.25, 0.3) is 11.4 Å². The van der Waals surface area contributed by atoms with Crippen LogP contribution in [-0.2, 0) is 9.53 Å². The molecule has 0 bridgehead atoms. The Hall–Kier alpha value is -2.78. The lowest BCUT2D eigenvalue weighted by Gasteiger charge is -2.18. The summed E-state index contributed by atoms with van der Waals surface area (Å²) in [7, 11) is 1.56. The van der Waals surface area contributed by atoms with Crippen LogP contribution in [0.15, 0.2) is 44.5 Å². The second-order valence-corrected chi connectivity index (χ2v) is 6.59. The average Bonchev–Trinajstić information content (AvgIpc) is 3.35. The number of hydrogen-bond donors (Lipinski definition) is 1. The van der Waals surface area contributed by atoms with Crippen molar-refractivity contribution in [3.05, 3.63) is 45.5 Å². The second kappa shape index (κ2) is 8.74. The Labute approximate surface area is 159 Å². The van der Waals surface area contributed by atoms with Gasteiger partial charge in [-0.3, -0.25) is 9.59 Å². The summed E-state index contributed by atoms with van der Waals surface area (Å²) in [4.78, 5) is 29.1. The highest BCUT2D eigenvalue weighted by molar-refractivity contribution is 7.08. The number of rotatable bonds is 8. The fourth-order valence-electron chi connectivity index (χ4n) is 2.63. The number of ether oxygens (including phenoxy) is 1. The Morgan fingerprint density at radius 1 is 1.37 bits per heavy atom. The summed E-state index contributed by atoms with van der Waals surface area (Å²) >= 11 is 1.54. The van der Waals surface area contributed by atoms with Gasteiger partial charge in [-0.1, -0.05) is 12.1 Å². The zero-order valence-corrected chi connectivity index (χ0v) is 15.9. The number of carbonyl (C=O) groups is 1. The van der Waals surface area contributed by atoms with E-state index in [4.69, 9.17) is 9.26 Å². The van der Waals surface area contributed by atoms with Crippen LogP contribution in [0.3, 0.4) is 0 Å². The third-order valence-electron chi connectivity index (χ3n) is 4.02. The van der Waals surface area contributed by atoms with E-state index in [0.29, 0.717) is 36.9 Å². The molecular weight excluding hydrogens is 368 g/mol. The highest BCUT2D eigenvalue weighted by Gasteiger charge is 2.20. The zero-order valence-electron chi connectivity index (χ0n) is 15.0. The van der Waals surface area contributed by atoms with Gasteiger partial charge in [-0.05, 0) is 23.9 Å². The average molecular weight is 388 g/mol. The van der Waals surface area contributed by atoms with E-state index in [-0.39, 0.29) is 11.5 Å². The molecule has 0 saturated carbocycles. The van der Waals surface area contributed by atoms with Crippen molar-refractivity contribution in [1.82, 2.24) is 20.0 Å². The van der Waals surface area contributed by atoms with Gasteiger partial charge in [0.05, 0.1) is 12.2 Å². The number of thiophene rings is 1. The first-order valence-electron chi connectivity index (χ1n) is 8.49. The third-order valence-corrected chi connectivity index (χ3v) is 4.70. The molecule has 3 rings (SSSR count). The molecule has 0 aliphatic heterocycles. The highest BCUT2D eigenvalue weighted by atomic mass is 32.1. The Morgan fingerprint density at radius 3 is 2.93 bits per heavy atom. The predicted molar refractivity (Wildman–Crippen MR) is 102 cm³/mol. The lowest BCUT2D eigenvalue weighted by atomic mass is 10.2. The van der Waals surface area contributed by atoms with E-state index in [1.54, 1.807) is 30.7 Å². The van der Waals surface area contributed by atoms with Gasteiger partial charge in [-0.2, -0.15) is 16.3 Å². The standard InChI is InChI=1S/C18H20N4O4S/c1-3-14(17(24)19-7-8-25-2)22-10-12(4-5-15(22)23)18-20-16(21-26-18)13-6-9-27-11-13/h4-6,9-11,14H,3,7-8H2,1-2H3,(H,19,24)/t14-/m1/s1. The molecule has 0 spiro atoms. The number of nitrogens with zero attached hydrogens (tertiary/aromatic N) is 3. The maximum atomic E-state index is 12.4. The van der Waals surface area contributed by atoms with Crippen molar-refractivity contribution >= 4 is 17.2 Å². The largest absolute Gasteiger partial charge is 0.383 e. The summed E-state index contributed by atoms with van der Waals surface area (Å²) in [6, 6.07) is 4.28. The van der Waals surface area contributed by atoms with Crippen molar-refractivity contribution in [1.29, 1.82) is 0 Å². The Kier molecular flexibility index (Phi) is 6.15. The van der Waals surface area contributed by atoms with E-state index in [1.165, 1.54) is 10.6 Å². The first-order chi connectivity index (χ1) is 13.1. The molecule has 1 amide bonds. The molecule has 142 valence electrons. The molecular formula is C18H20N4O4S. The van der Waals surface area contributed by atoms with Gasteiger partial charge in [-0.15, -0.1) is 0 Å². The van der Waals surface area contributed by atoms with E-state index in [2.05, 4.69) is 15.5 Å². The van der Waals surface area contributed by atoms with Crippen LogP contribution in [0.4, 0.5) is 0 Å². The fourth-order valence-corrected chi connectivity index (χ4v) is 3.26. The van der Waals surface area contributed by atoms with Crippen molar-refractivity contribution in [2.75, 3.05) is 20.3 Å². The fraction of sp³-hybridized carbons (Fsp3) is 0.333. The summed E-state index contributed by atoms with van der Waals surface area (Å²) in [5.41, 5.74) is 1.17. The molecule has 0 aromatic carbocycles. The summed E-state index contributed by atoms with van der Waals surface area (Å²) < 4.78 is 11.7. The molecule has 3 heterocycles. The minimum Gasteiger partial charge on any atom is -0.383 e. The summed E-state index contributed by atoms with van der Waals surface area (Å²) in [6.07, 6.45) is 2.05. The van der Waals surface area contributed by atoms with E-state index in [1.807, 2.05) is 23.8 Å². The topological polar surface area (TPSA) is 99.2 Å². The van der Waals surface area contributed by atoms with Gasteiger partial charge in [0.1, 0.15) is 6.04 Å². The van der Waals surface area contributed by atoms with E-state index in [0.717, 1.165) is 5.56 Å². The Morgan fingerprint density at radius 2 is 2.22 bits per heavy atom. The normalized spacial score (nSPS) is 12.1.